The van der Waals surface area contributed by atoms with E-state index in [0.29, 0.717) is 30.0 Å². The first-order valence-electron chi connectivity index (χ1n) is 11.4. The highest BCUT2D eigenvalue weighted by atomic mass is 35.5. The van der Waals surface area contributed by atoms with E-state index in [4.69, 9.17) is 30.5 Å². The van der Waals surface area contributed by atoms with Gasteiger partial charge in [0, 0.05) is 45.3 Å². The number of fused-ring (bicyclic) bond motifs is 2. The molecule has 0 saturated carbocycles. The van der Waals surface area contributed by atoms with Crippen LogP contribution in [-0.4, -0.2) is 47.9 Å². The van der Waals surface area contributed by atoms with E-state index in [2.05, 4.69) is 16.8 Å². The standard InChI is InChI=1S/C25H27ClN4O4/c1-15-4-5-20-17(12-15)27-25(34-20)16-6-8-30(9-7-16)19-14-22(31)29(2)18-13-21(33-11-10-32-3)24(26)28-23(18)19/h4-5,12-14,16H,6-11H2,1-3H3. The number of hydrogen-bond acceptors (Lipinski definition) is 7. The van der Waals surface area contributed by atoms with Gasteiger partial charge in [0.2, 0.25) is 0 Å². The number of rotatable bonds is 6. The van der Waals surface area contributed by atoms with Crippen LogP contribution in [0.2, 0.25) is 5.15 Å². The third-order valence-electron chi connectivity index (χ3n) is 6.41. The molecule has 1 aliphatic rings. The van der Waals surface area contributed by atoms with Gasteiger partial charge in [0.15, 0.2) is 22.4 Å². The zero-order valence-electron chi connectivity index (χ0n) is 19.5. The molecule has 34 heavy (non-hydrogen) atoms. The molecule has 8 nitrogen and oxygen atoms in total. The van der Waals surface area contributed by atoms with Crippen molar-refractivity contribution in [3.63, 3.8) is 0 Å². The molecule has 0 N–H and O–H groups in total. The van der Waals surface area contributed by atoms with E-state index in [0.717, 1.165) is 54.2 Å². The lowest BCUT2D eigenvalue weighted by atomic mass is 9.96. The van der Waals surface area contributed by atoms with Gasteiger partial charge in [0.25, 0.3) is 5.56 Å². The minimum atomic E-state index is -0.106. The quantitative estimate of drug-likeness (QED) is 0.296. The van der Waals surface area contributed by atoms with Gasteiger partial charge in [-0.25, -0.2) is 9.97 Å². The lowest BCUT2D eigenvalue weighted by Gasteiger charge is -2.33. The number of benzene rings is 1. The summed E-state index contributed by atoms with van der Waals surface area (Å²) in [6.45, 7) is 4.35. The molecular formula is C25H27ClN4O4. The number of aryl methyl sites for hydroxylation is 2. The maximum atomic E-state index is 12.8. The average Bonchev–Trinajstić information content (AvgIpc) is 3.25. The second-order valence-corrected chi connectivity index (χ2v) is 9.06. The Morgan fingerprint density at radius 2 is 1.94 bits per heavy atom. The Morgan fingerprint density at radius 1 is 1.15 bits per heavy atom. The van der Waals surface area contributed by atoms with Crippen LogP contribution in [0, 0.1) is 6.92 Å². The second-order valence-electron chi connectivity index (χ2n) is 8.70. The number of hydrogen-bond donors (Lipinski definition) is 0. The minimum Gasteiger partial charge on any atom is -0.488 e. The molecular weight excluding hydrogens is 456 g/mol. The fourth-order valence-electron chi connectivity index (χ4n) is 4.48. The van der Waals surface area contributed by atoms with Gasteiger partial charge in [-0.3, -0.25) is 4.79 Å². The molecule has 9 heteroatoms. The average molecular weight is 483 g/mol. The predicted molar refractivity (Wildman–Crippen MR) is 132 cm³/mol. The van der Waals surface area contributed by atoms with E-state index in [1.165, 1.54) is 0 Å². The van der Waals surface area contributed by atoms with Gasteiger partial charge in [-0.15, -0.1) is 0 Å². The summed E-state index contributed by atoms with van der Waals surface area (Å²) in [5.41, 5.74) is 4.93. The number of piperidine rings is 1. The fraction of sp³-hybridized carbons (Fsp3) is 0.400. The largest absolute Gasteiger partial charge is 0.488 e. The molecule has 0 radical (unpaired) electrons. The van der Waals surface area contributed by atoms with Crippen LogP contribution in [0.15, 0.2) is 39.5 Å². The van der Waals surface area contributed by atoms with Crippen molar-refractivity contribution in [1.29, 1.82) is 0 Å². The van der Waals surface area contributed by atoms with Crippen LogP contribution in [0.25, 0.3) is 22.1 Å². The summed E-state index contributed by atoms with van der Waals surface area (Å²) in [5.74, 6) is 1.45. The molecule has 3 aromatic heterocycles. The maximum Gasteiger partial charge on any atom is 0.252 e. The second kappa shape index (κ2) is 9.27. The number of nitrogens with zero attached hydrogens (tertiary/aromatic N) is 4. The lowest BCUT2D eigenvalue weighted by molar-refractivity contribution is 0.146. The van der Waals surface area contributed by atoms with Crippen molar-refractivity contribution in [3.05, 3.63) is 57.3 Å². The molecule has 0 aliphatic carbocycles. The number of aromatic nitrogens is 3. The predicted octanol–water partition coefficient (Wildman–Crippen LogP) is 4.45. The zero-order chi connectivity index (χ0) is 23.8. The Labute approximate surface area is 202 Å². The first-order chi connectivity index (χ1) is 16.4. The van der Waals surface area contributed by atoms with Crippen LogP contribution in [0.3, 0.4) is 0 Å². The number of pyridine rings is 2. The van der Waals surface area contributed by atoms with Crippen molar-refractivity contribution in [3.8, 4) is 5.75 Å². The first-order valence-corrected chi connectivity index (χ1v) is 11.8. The molecule has 1 fully saturated rings. The van der Waals surface area contributed by atoms with Crippen molar-refractivity contribution in [2.75, 3.05) is 38.3 Å². The van der Waals surface area contributed by atoms with E-state index in [-0.39, 0.29) is 16.6 Å². The molecule has 1 aliphatic heterocycles. The van der Waals surface area contributed by atoms with Gasteiger partial charge in [0.05, 0.1) is 17.8 Å². The van der Waals surface area contributed by atoms with E-state index in [1.54, 1.807) is 30.9 Å². The Hall–Kier alpha value is -3.10. The van der Waals surface area contributed by atoms with E-state index >= 15 is 0 Å². The molecule has 5 rings (SSSR count). The normalized spacial score (nSPS) is 14.9. The van der Waals surface area contributed by atoms with Crippen LogP contribution >= 0.6 is 11.6 Å². The summed E-state index contributed by atoms with van der Waals surface area (Å²) < 4.78 is 18.3. The summed E-state index contributed by atoms with van der Waals surface area (Å²) in [6.07, 6.45) is 1.74. The summed E-state index contributed by atoms with van der Waals surface area (Å²) >= 11 is 6.43. The van der Waals surface area contributed by atoms with Crippen molar-refractivity contribution in [1.82, 2.24) is 14.5 Å². The molecule has 4 aromatic rings. The van der Waals surface area contributed by atoms with Gasteiger partial charge in [-0.05, 0) is 37.5 Å². The topological polar surface area (TPSA) is 82.6 Å². The van der Waals surface area contributed by atoms with Crippen molar-refractivity contribution < 1.29 is 13.9 Å². The van der Waals surface area contributed by atoms with Crippen molar-refractivity contribution >= 4 is 39.4 Å². The molecule has 0 spiro atoms. The number of anilines is 1. The summed E-state index contributed by atoms with van der Waals surface area (Å²) in [5, 5.41) is 0.264. The first kappa shape index (κ1) is 22.7. The van der Waals surface area contributed by atoms with Crippen LogP contribution in [0.5, 0.6) is 5.75 Å². The van der Waals surface area contributed by atoms with Gasteiger partial charge in [0.1, 0.15) is 17.6 Å². The van der Waals surface area contributed by atoms with Crippen LogP contribution in [0.1, 0.15) is 30.2 Å². The highest BCUT2D eigenvalue weighted by Gasteiger charge is 2.27. The molecule has 1 saturated heterocycles. The van der Waals surface area contributed by atoms with Crippen LogP contribution in [0.4, 0.5) is 5.69 Å². The molecule has 178 valence electrons. The van der Waals surface area contributed by atoms with Crippen LogP contribution < -0.4 is 15.2 Å². The van der Waals surface area contributed by atoms with Gasteiger partial charge in [-0.1, -0.05) is 17.7 Å². The summed E-state index contributed by atoms with van der Waals surface area (Å²) in [6, 6.07) is 9.47. The van der Waals surface area contributed by atoms with Crippen molar-refractivity contribution in [2.24, 2.45) is 7.05 Å². The Balaban J connectivity index is 1.41. The minimum absolute atomic E-state index is 0.106. The zero-order valence-corrected chi connectivity index (χ0v) is 20.3. The number of oxazole rings is 1. The van der Waals surface area contributed by atoms with Crippen LogP contribution in [-0.2, 0) is 11.8 Å². The van der Waals surface area contributed by atoms with Gasteiger partial charge >= 0.3 is 0 Å². The highest BCUT2D eigenvalue weighted by Crippen LogP contribution is 2.35. The summed E-state index contributed by atoms with van der Waals surface area (Å²) in [7, 11) is 3.33. The Bertz CT molecular complexity index is 1410. The third-order valence-corrected chi connectivity index (χ3v) is 6.68. The SMILES string of the molecule is COCCOc1cc2c(nc1Cl)c(N1CCC(c3nc4cc(C)ccc4o3)CC1)cc(=O)n2C. The number of ether oxygens (including phenoxy) is 2. The molecule has 0 atom stereocenters. The van der Waals surface area contributed by atoms with E-state index < -0.39 is 0 Å². The molecule has 4 heterocycles. The van der Waals surface area contributed by atoms with Gasteiger partial charge in [-0.2, -0.15) is 0 Å². The van der Waals surface area contributed by atoms with E-state index in [9.17, 15) is 4.79 Å². The third kappa shape index (κ3) is 4.23. The van der Waals surface area contributed by atoms with Gasteiger partial charge < -0.3 is 23.4 Å². The molecule has 0 bridgehead atoms. The molecule has 0 unspecified atom stereocenters. The molecule has 1 aromatic carbocycles. The fourth-order valence-corrected chi connectivity index (χ4v) is 4.68. The lowest BCUT2D eigenvalue weighted by Crippen LogP contribution is -2.34. The van der Waals surface area contributed by atoms with E-state index in [1.807, 2.05) is 18.2 Å². The smallest absolute Gasteiger partial charge is 0.252 e. The Kier molecular flexibility index (Phi) is 6.18. The molecule has 0 amide bonds. The monoisotopic (exact) mass is 482 g/mol. The number of halogens is 1. The highest BCUT2D eigenvalue weighted by molar-refractivity contribution is 6.31. The summed E-state index contributed by atoms with van der Waals surface area (Å²) in [4.78, 5) is 24.3. The number of methoxy groups -OCH3 is 1. The maximum absolute atomic E-state index is 12.8. The van der Waals surface area contributed by atoms with Crippen molar-refractivity contribution in [2.45, 2.75) is 25.7 Å². The Morgan fingerprint density at radius 3 is 2.71 bits per heavy atom.